The number of sulfonamides is 1. The van der Waals surface area contributed by atoms with E-state index >= 15 is 0 Å². The van der Waals surface area contributed by atoms with Gasteiger partial charge in [0.1, 0.15) is 6.54 Å². The van der Waals surface area contributed by atoms with E-state index in [1.54, 1.807) is 36.4 Å². The van der Waals surface area contributed by atoms with Gasteiger partial charge in [-0.1, -0.05) is 69.2 Å². The highest BCUT2D eigenvalue weighted by Crippen LogP contribution is 2.25. The van der Waals surface area contributed by atoms with Gasteiger partial charge in [0.2, 0.25) is 0 Å². The number of hydrogen-bond acceptors (Lipinski definition) is 4. The monoisotopic (exact) mass is 497 g/mol. The molecule has 0 aromatic heterocycles. The van der Waals surface area contributed by atoms with Crippen LogP contribution < -0.4 is 9.73 Å². The lowest BCUT2D eigenvalue weighted by Gasteiger charge is -2.24. The van der Waals surface area contributed by atoms with E-state index in [0.717, 1.165) is 42.5 Å². The van der Waals surface area contributed by atoms with Crippen LogP contribution in [-0.2, 0) is 14.8 Å². The maximum Gasteiger partial charge on any atom is 0.264 e. The predicted octanol–water partition coefficient (Wildman–Crippen LogP) is 6.28. The van der Waals surface area contributed by atoms with Gasteiger partial charge in [-0.15, -0.1) is 0 Å². The highest BCUT2D eigenvalue weighted by atomic mass is 32.2. The van der Waals surface area contributed by atoms with E-state index in [4.69, 9.17) is 0 Å². The van der Waals surface area contributed by atoms with Gasteiger partial charge in [-0.05, 0) is 74.9 Å². The third-order valence-corrected chi connectivity index (χ3v) is 8.45. The van der Waals surface area contributed by atoms with Gasteiger partial charge in [-0.2, -0.15) is 5.10 Å². The van der Waals surface area contributed by atoms with Crippen molar-refractivity contribution in [3.63, 3.8) is 0 Å². The van der Waals surface area contributed by atoms with Crippen LogP contribution in [0, 0.1) is 13.8 Å². The minimum atomic E-state index is -3.92. The summed E-state index contributed by atoms with van der Waals surface area (Å²) in [4.78, 5) is 13.1. The van der Waals surface area contributed by atoms with Crippen molar-refractivity contribution in [2.45, 2.75) is 89.4 Å². The van der Waals surface area contributed by atoms with Gasteiger partial charge in [-0.3, -0.25) is 9.10 Å². The van der Waals surface area contributed by atoms with Gasteiger partial charge in [0.15, 0.2) is 0 Å². The normalized spacial score (nSPS) is 16.0. The van der Waals surface area contributed by atoms with Gasteiger partial charge < -0.3 is 0 Å². The van der Waals surface area contributed by atoms with E-state index in [1.807, 2.05) is 26.0 Å². The fourth-order valence-electron chi connectivity index (χ4n) is 4.36. The molecule has 2 aromatic carbocycles. The molecule has 190 valence electrons. The molecule has 35 heavy (non-hydrogen) atoms. The summed E-state index contributed by atoms with van der Waals surface area (Å²) < 4.78 is 28.2. The fourth-order valence-corrected chi connectivity index (χ4v) is 5.79. The van der Waals surface area contributed by atoms with Crippen LogP contribution in [0.4, 0.5) is 5.69 Å². The van der Waals surface area contributed by atoms with Crippen molar-refractivity contribution in [2.75, 3.05) is 10.8 Å². The number of amides is 1. The number of nitrogens with zero attached hydrogens (tertiary/aromatic N) is 2. The van der Waals surface area contributed by atoms with E-state index in [1.165, 1.54) is 49.3 Å². The van der Waals surface area contributed by atoms with Crippen molar-refractivity contribution in [3.05, 3.63) is 59.7 Å². The molecule has 1 N–H and O–H groups in total. The van der Waals surface area contributed by atoms with Crippen molar-refractivity contribution >= 4 is 27.3 Å². The Bertz CT molecular complexity index is 1080. The number of nitrogens with one attached hydrogen (secondary N) is 1. The zero-order valence-electron chi connectivity index (χ0n) is 21.1. The molecule has 0 radical (unpaired) electrons. The minimum Gasteiger partial charge on any atom is -0.271 e. The summed E-state index contributed by atoms with van der Waals surface area (Å²) in [5, 5.41) is 4.44. The van der Waals surface area contributed by atoms with Crippen LogP contribution in [0.25, 0.3) is 0 Å². The summed E-state index contributed by atoms with van der Waals surface area (Å²) >= 11 is 0. The average molecular weight is 498 g/mol. The number of carbonyl (C=O) groups is 1. The van der Waals surface area contributed by atoms with Gasteiger partial charge >= 0.3 is 0 Å². The van der Waals surface area contributed by atoms with E-state index in [-0.39, 0.29) is 11.4 Å². The van der Waals surface area contributed by atoms with Crippen molar-refractivity contribution < 1.29 is 13.2 Å². The summed E-state index contributed by atoms with van der Waals surface area (Å²) in [5.41, 5.74) is 6.15. The first-order valence-electron chi connectivity index (χ1n) is 12.9. The third kappa shape index (κ3) is 8.20. The zero-order valence-corrected chi connectivity index (χ0v) is 21.9. The van der Waals surface area contributed by atoms with Crippen molar-refractivity contribution in [3.8, 4) is 0 Å². The summed E-state index contributed by atoms with van der Waals surface area (Å²) in [5.74, 6) is -0.443. The van der Waals surface area contributed by atoms with Crippen LogP contribution >= 0.6 is 0 Å². The predicted molar refractivity (Wildman–Crippen MR) is 143 cm³/mol. The lowest BCUT2D eigenvalue weighted by molar-refractivity contribution is -0.119. The molecule has 1 amide bonds. The second-order valence-corrected chi connectivity index (χ2v) is 11.4. The maximum absolute atomic E-state index is 13.5. The van der Waals surface area contributed by atoms with Crippen molar-refractivity contribution in [2.24, 2.45) is 5.10 Å². The van der Waals surface area contributed by atoms with Crippen molar-refractivity contribution in [1.29, 1.82) is 0 Å². The van der Waals surface area contributed by atoms with Gasteiger partial charge in [0, 0.05) is 5.71 Å². The highest BCUT2D eigenvalue weighted by molar-refractivity contribution is 7.92. The lowest BCUT2D eigenvalue weighted by atomic mass is 10.00. The smallest absolute Gasteiger partial charge is 0.264 e. The maximum atomic E-state index is 13.5. The Labute approximate surface area is 210 Å². The molecule has 1 saturated carbocycles. The summed E-state index contributed by atoms with van der Waals surface area (Å²) in [7, 11) is -3.92. The fraction of sp³-hybridized carbons (Fsp3) is 0.500. The summed E-state index contributed by atoms with van der Waals surface area (Å²) in [6.45, 7) is 3.57. The molecule has 6 nitrogen and oxygen atoms in total. The van der Waals surface area contributed by atoms with Crippen LogP contribution in [0.1, 0.15) is 81.8 Å². The van der Waals surface area contributed by atoms with Crippen LogP contribution in [0.2, 0.25) is 0 Å². The number of benzene rings is 2. The molecule has 0 unspecified atom stereocenters. The number of hydrazone groups is 1. The molecule has 0 aliphatic heterocycles. The quantitative estimate of drug-likeness (QED) is 0.477. The number of aryl methyl sites for hydroxylation is 2. The average Bonchev–Trinajstić information content (AvgIpc) is 2.84. The topological polar surface area (TPSA) is 78.8 Å². The zero-order chi connectivity index (χ0) is 25.1. The van der Waals surface area contributed by atoms with E-state index < -0.39 is 15.9 Å². The largest absolute Gasteiger partial charge is 0.271 e. The highest BCUT2D eigenvalue weighted by Gasteiger charge is 2.27. The lowest BCUT2D eigenvalue weighted by Crippen LogP contribution is -2.39. The Morgan fingerprint density at radius 2 is 1.40 bits per heavy atom. The Morgan fingerprint density at radius 3 is 1.97 bits per heavy atom. The molecule has 0 saturated heterocycles. The summed E-state index contributed by atoms with van der Waals surface area (Å²) in [6, 6.07) is 13.7. The first-order valence-corrected chi connectivity index (χ1v) is 14.3. The molecule has 1 aliphatic rings. The molecule has 7 heteroatoms. The van der Waals surface area contributed by atoms with Crippen molar-refractivity contribution in [1.82, 2.24) is 5.43 Å². The molecule has 3 rings (SSSR count). The van der Waals surface area contributed by atoms with Crippen LogP contribution in [0.3, 0.4) is 0 Å². The van der Waals surface area contributed by atoms with E-state index in [2.05, 4.69) is 10.5 Å². The molecular formula is C28H39N3O3S. The molecule has 1 fully saturated rings. The van der Waals surface area contributed by atoms with Gasteiger partial charge in [-0.25, -0.2) is 13.8 Å². The van der Waals surface area contributed by atoms with Gasteiger partial charge in [0.05, 0.1) is 10.6 Å². The molecule has 1 aliphatic carbocycles. The molecule has 0 spiro atoms. The first-order chi connectivity index (χ1) is 16.9. The van der Waals surface area contributed by atoms with Crippen LogP contribution in [-0.4, -0.2) is 26.6 Å². The molecule has 0 heterocycles. The van der Waals surface area contributed by atoms with Crippen LogP contribution in [0.5, 0.6) is 0 Å². The molecular weight excluding hydrogens is 458 g/mol. The van der Waals surface area contributed by atoms with E-state index in [9.17, 15) is 13.2 Å². The summed E-state index contributed by atoms with van der Waals surface area (Å²) in [6.07, 6.45) is 12.7. The second-order valence-electron chi connectivity index (χ2n) is 9.49. The van der Waals surface area contributed by atoms with E-state index in [0.29, 0.717) is 5.69 Å². The minimum absolute atomic E-state index is 0.150. The second kappa shape index (κ2) is 13.4. The number of carbonyl (C=O) groups excluding carboxylic acids is 1. The Balaban J connectivity index is 1.77. The number of hydrogen-bond donors (Lipinski definition) is 1. The van der Waals surface area contributed by atoms with Gasteiger partial charge in [0.25, 0.3) is 15.9 Å². The first kappa shape index (κ1) is 26.9. The molecule has 0 bridgehead atoms. The molecule has 0 atom stereocenters. The SMILES string of the molecule is Cc1ccc(N(CC(=O)NN=C2CCCCCCCCCCC2)S(=O)(=O)c2ccccc2)cc1C. The number of rotatable bonds is 6. The standard InChI is InChI=1S/C28H39N3O3S/c1-23-19-20-26(21-24(23)2)31(35(33,34)27-17-13-10-14-18-27)22-28(32)30-29-25-15-11-8-6-4-3-5-7-9-12-16-25/h10,13-14,17-21H,3-9,11-12,15-16,22H2,1-2H3,(H,30,32). The third-order valence-electron chi connectivity index (χ3n) is 6.67. The Kier molecular flexibility index (Phi) is 10.3. The number of anilines is 1. The Morgan fingerprint density at radius 1 is 0.829 bits per heavy atom. The molecule has 2 aromatic rings. The van der Waals surface area contributed by atoms with Crippen LogP contribution in [0.15, 0.2) is 58.5 Å². The Hall–Kier alpha value is -2.67.